The largest absolute Gasteiger partial charge is 0.388 e. The number of hydrogen-bond acceptors (Lipinski definition) is 4. The molecule has 1 aromatic carbocycles. The third kappa shape index (κ3) is 2.92. The van der Waals surface area contributed by atoms with E-state index in [1.165, 1.54) is 6.08 Å². The normalized spacial score (nSPS) is 32.6. The highest BCUT2D eigenvalue weighted by molar-refractivity contribution is 5.16. The van der Waals surface area contributed by atoms with Gasteiger partial charge < -0.3 is 20.6 Å². The van der Waals surface area contributed by atoms with Crippen molar-refractivity contribution >= 4 is 0 Å². The Bertz CT molecular complexity index is 380. The molecule has 0 saturated carbocycles. The van der Waals surface area contributed by atoms with Gasteiger partial charge in [-0.05, 0) is 5.56 Å². The zero-order valence-corrected chi connectivity index (χ0v) is 9.40. The molecular weight excluding hydrogens is 218 g/mol. The molecule has 4 nitrogen and oxygen atoms in total. The van der Waals surface area contributed by atoms with Crippen molar-refractivity contribution in [3.63, 3.8) is 0 Å². The SMILES string of the molecule is O[C@@H]1[C@@H](O)[C@H](NCc2ccccc2)C=C[C@@H]1O. The Morgan fingerprint density at radius 2 is 1.65 bits per heavy atom. The molecule has 0 aliphatic heterocycles. The Morgan fingerprint density at radius 3 is 2.35 bits per heavy atom. The monoisotopic (exact) mass is 235 g/mol. The molecule has 1 aromatic rings. The highest BCUT2D eigenvalue weighted by Crippen LogP contribution is 2.14. The number of aliphatic hydroxyl groups is 3. The van der Waals surface area contributed by atoms with Gasteiger partial charge in [0.1, 0.15) is 18.3 Å². The van der Waals surface area contributed by atoms with Crippen molar-refractivity contribution in [2.45, 2.75) is 30.9 Å². The minimum Gasteiger partial charge on any atom is -0.388 e. The van der Waals surface area contributed by atoms with Crippen LogP contribution < -0.4 is 5.32 Å². The topological polar surface area (TPSA) is 72.7 Å². The van der Waals surface area contributed by atoms with E-state index in [1.807, 2.05) is 30.3 Å². The molecule has 0 bridgehead atoms. The fourth-order valence-electron chi connectivity index (χ4n) is 1.90. The maximum Gasteiger partial charge on any atom is 0.111 e. The summed E-state index contributed by atoms with van der Waals surface area (Å²) in [7, 11) is 0. The zero-order chi connectivity index (χ0) is 12.3. The van der Waals surface area contributed by atoms with Gasteiger partial charge in [0.05, 0.1) is 6.04 Å². The van der Waals surface area contributed by atoms with Gasteiger partial charge in [-0.1, -0.05) is 42.5 Å². The lowest BCUT2D eigenvalue weighted by Gasteiger charge is -2.31. The predicted octanol–water partition coefficient (Wildman–Crippen LogP) is -0.203. The molecule has 4 atom stereocenters. The van der Waals surface area contributed by atoms with Gasteiger partial charge in [-0.3, -0.25) is 0 Å². The molecule has 1 aliphatic carbocycles. The van der Waals surface area contributed by atoms with Crippen LogP contribution in [0.4, 0.5) is 0 Å². The number of rotatable bonds is 3. The van der Waals surface area contributed by atoms with E-state index in [2.05, 4.69) is 5.32 Å². The van der Waals surface area contributed by atoms with E-state index in [0.29, 0.717) is 6.54 Å². The van der Waals surface area contributed by atoms with Crippen molar-refractivity contribution in [1.29, 1.82) is 0 Å². The molecule has 2 rings (SSSR count). The van der Waals surface area contributed by atoms with Crippen molar-refractivity contribution in [1.82, 2.24) is 5.32 Å². The van der Waals surface area contributed by atoms with Crippen molar-refractivity contribution < 1.29 is 15.3 Å². The van der Waals surface area contributed by atoms with Crippen LogP contribution >= 0.6 is 0 Å². The maximum absolute atomic E-state index is 9.76. The number of benzene rings is 1. The first-order valence-corrected chi connectivity index (χ1v) is 5.68. The second kappa shape index (κ2) is 5.42. The lowest BCUT2D eigenvalue weighted by Crippen LogP contribution is -2.51. The Balaban J connectivity index is 1.94. The van der Waals surface area contributed by atoms with Gasteiger partial charge in [-0.15, -0.1) is 0 Å². The van der Waals surface area contributed by atoms with Crippen LogP contribution in [0.2, 0.25) is 0 Å². The predicted molar refractivity (Wildman–Crippen MR) is 64.2 cm³/mol. The molecule has 0 fully saturated rings. The fraction of sp³-hybridized carbons (Fsp3) is 0.385. The van der Waals surface area contributed by atoms with Gasteiger partial charge in [0.15, 0.2) is 0 Å². The average molecular weight is 235 g/mol. The quantitative estimate of drug-likeness (QED) is 0.547. The van der Waals surface area contributed by atoms with Crippen LogP contribution in [-0.4, -0.2) is 39.7 Å². The molecule has 0 saturated heterocycles. The molecule has 0 spiro atoms. The first-order valence-electron chi connectivity index (χ1n) is 5.68. The van der Waals surface area contributed by atoms with Crippen molar-refractivity contribution in [2.24, 2.45) is 0 Å². The van der Waals surface area contributed by atoms with Gasteiger partial charge in [0.25, 0.3) is 0 Å². The van der Waals surface area contributed by atoms with Gasteiger partial charge in [-0.2, -0.15) is 0 Å². The minimum atomic E-state index is -1.13. The second-order valence-electron chi connectivity index (χ2n) is 4.25. The molecule has 0 aromatic heterocycles. The summed E-state index contributed by atoms with van der Waals surface area (Å²) >= 11 is 0. The van der Waals surface area contributed by atoms with Crippen LogP contribution in [0.1, 0.15) is 5.56 Å². The van der Waals surface area contributed by atoms with Crippen LogP contribution in [0.3, 0.4) is 0 Å². The molecule has 0 amide bonds. The summed E-state index contributed by atoms with van der Waals surface area (Å²) in [6, 6.07) is 9.47. The van der Waals surface area contributed by atoms with Crippen molar-refractivity contribution in [2.75, 3.05) is 0 Å². The molecular formula is C13H17NO3. The third-order valence-electron chi connectivity index (χ3n) is 2.97. The molecule has 0 heterocycles. The minimum absolute atomic E-state index is 0.339. The van der Waals surface area contributed by atoms with E-state index in [0.717, 1.165) is 5.56 Å². The number of aliphatic hydroxyl groups excluding tert-OH is 3. The zero-order valence-electron chi connectivity index (χ0n) is 9.40. The highest BCUT2D eigenvalue weighted by Gasteiger charge is 2.32. The Kier molecular flexibility index (Phi) is 3.91. The van der Waals surface area contributed by atoms with E-state index in [9.17, 15) is 15.3 Å². The van der Waals surface area contributed by atoms with Crippen LogP contribution in [0.25, 0.3) is 0 Å². The third-order valence-corrected chi connectivity index (χ3v) is 2.97. The summed E-state index contributed by atoms with van der Waals surface area (Å²) < 4.78 is 0. The fourth-order valence-corrected chi connectivity index (χ4v) is 1.90. The Hall–Kier alpha value is -1.20. The van der Waals surface area contributed by atoms with E-state index in [4.69, 9.17) is 0 Å². The van der Waals surface area contributed by atoms with E-state index < -0.39 is 18.3 Å². The van der Waals surface area contributed by atoms with Gasteiger partial charge >= 0.3 is 0 Å². The van der Waals surface area contributed by atoms with Crippen LogP contribution in [0.15, 0.2) is 42.5 Å². The van der Waals surface area contributed by atoms with Gasteiger partial charge in [0, 0.05) is 6.54 Å². The summed E-state index contributed by atoms with van der Waals surface area (Å²) in [4.78, 5) is 0. The van der Waals surface area contributed by atoms with E-state index >= 15 is 0 Å². The van der Waals surface area contributed by atoms with E-state index in [1.54, 1.807) is 6.08 Å². The summed E-state index contributed by atoms with van der Waals surface area (Å²) in [5.41, 5.74) is 1.11. The lowest BCUT2D eigenvalue weighted by molar-refractivity contribution is -0.0567. The van der Waals surface area contributed by atoms with Crippen LogP contribution in [-0.2, 0) is 6.54 Å². The van der Waals surface area contributed by atoms with Gasteiger partial charge in [-0.25, -0.2) is 0 Å². The smallest absolute Gasteiger partial charge is 0.111 e. The molecule has 0 radical (unpaired) electrons. The molecule has 4 N–H and O–H groups in total. The number of hydrogen-bond donors (Lipinski definition) is 4. The molecule has 17 heavy (non-hydrogen) atoms. The standard InChI is InChI=1S/C13H17NO3/c15-11-7-6-10(12(16)13(11)17)14-8-9-4-2-1-3-5-9/h1-7,10-17H,8H2/t10-,11+,12+,13+/m1/s1. The molecule has 4 heteroatoms. The average Bonchev–Trinajstić information content (AvgIpc) is 2.36. The first-order chi connectivity index (χ1) is 8.18. The number of nitrogens with one attached hydrogen (secondary N) is 1. The van der Waals surface area contributed by atoms with Crippen molar-refractivity contribution in [3.8, 4) is 0 Å². The lowest BCUT2D eigenvalue weighted by atomic mass is 9.94. The van der Waals surface area contributed by atoms with Gasteiger partial charge in [0.2, 0.25) is 0 Å². The first kappa shape index (κ1) is 12.3. The molecule has 0 unspecified atom stereocenters. The van der Waals surface area contributed by atoms with Crippen molar-refractivity contribution in [3.05, 3.63) is 48.0 Å². The molecule has 1 aliphatic rings. The Labute approximate surface area is 100 Å². The highest BCUT2D eigenvalue weighted by atomic mass is 16.4. The van der Waals surface area contributed by atoms with Crippen LogP contribution in [0.5, 0.6) is 0 Å². The summed E-state index contributed by atoms with van der Waals surface area (Å²) in [6.45, 7) is 0.607. The Morgan fingerprint density at radius 1 is 0.941 bits per heavy atom. The van der Waals surface area contributed by atoms with Crippen LogP contribution in [0, 0.1) is 0 Å². The van der Waals surface area contributed by atoms with E-state index in [-0.39, 0.29) is 6.04 Å². The summed E-state index contributed by atoms with van der Waals surface area (Å²) in [5, 5.41) is 31.7. The summed E-state index contributed by atoms with van der Waals surface area (Å²) in [6.07, 6.45) is 0.0807. The summed E-state index contributed by atoms with van der Waals surface area (Å²) in [5.74, 6) is 0. The maximum atomic E-state index is 9.76. The molecule has 92 valence electrons. The second-order valence-corrected chi connectivity index (χ2v) is 4.25.